The van der Waals surface area contributed by atoms with Gasteiger partial charge in [-0.1, -0.05) is 35.9 Å². The summed E-state index contributed by atoms with van der Waals surface area (Å²) >= 11 is 0. The first kappa shape index (κ1) is 24.8. The molecule has 36 heavy (non-hydrogen) atoms. The third kappa shape index (κ3) is 4.74. The van der Waals surface area contributed by atoms with E-state index in [1.807, 2.05) is 19.1 Å². The summed E-state index contributed by atoms with van der Waals surface area (Å²) in [6, 6.07) is 14.4. The lowest BCUT2D eigenvalue weighted by Crippen LogP contribution is -2.47. The van der Waals surface area contributed by atoms with Gasteiger partial charge in [-0.05, 0) is 31.5 Å². The van der Waals surface area contributed by atoms with E-state index < -0.39 is 45.8 Å². The molecule has 1 aliphatic rings. The number of rotatable bonds is 6. The number of hydrogen-bond donors (Lipinski definition) is 1. The summed E-state index contributed by atoms with van der Waals surface area (Å²) in [5, 5.41) is 13.5. The van der Waals surface area contributed by atoms with E-state index in [0.29, 0.717) is 29.1 Å². The van der Waals surface area contributed by atoms with Crippen molar-refractivity contribution in [3.05, 3.63) is 93.5 Å². The molecule has 0 unspecified atom stereocenters. The van der Waals surface area contributed by atoms with Crippen molar-refractivity contribution in [2.24, 2.45) is 5.92 Å². The van der Waals surface area contributed by atoms with Crippen molar-refractivity contribution < 1.29 is 28.0 Å². The number of hydrogen-bond acceptors (Lipinski definition) is 5. The van der Waals surface area contributed by atoms with Crippen LogP contribution in [0.1, 0.15) is 30.0 Å². The van der Waals surface area contributed by atoms with E-state index in [2.05, 4.69) is 5.32 Å². The third-order valence-corrected chi connectivity index (χ3v) is 6.19. The van der Waals surface area contributed by atoms with Crippen molar-refractivity contribution in [1.82, 2.24) is 0 Å². The summed E-state index contributed by atoms with van der Waals surface area (Å²) in [6.07, 6.45) is 0.185. The smallest absolute Gasteiger partial charge is 0.307 e. The number of nitrogens with zero attached hydrogens (tertiary/aromatic N) is 2. The Morgan fingerprint density at radius 2 is 1.81 bits per heavy atom. The Morgan fingerprint density at radius 3 is 2.47 bits per heavy atom. The number of para-hydroxylation sites is 1. The quantitative estimate of drug-likeness (QED) is 0.369. The number of piperidine rings is 1. The van der Waals surface area contributed by atoms with Crippen molar-refractivity contribution in [3.63, 3.8) is 0 Å². The number of benzene rings is 3. The zero-order valence-electron chi connectivity index (χ0n) is 19.5. The molecule has 0 saturated carbocycles. The summed E-state index contributed by atoms with van der Waals surface area (Å²) in [5.74, 6) is -3.80. The number of methoxy groups -OCH3 is 1. The number of carbonyl (C=O) groups excluding carboxylic acids is 2. The molecule has 4 rings (SSSR count). The average Bonchev–Trinajstić information content (AvgIpc) is 2.85. The van der Waals surface area contributed by atoms with Crippen LogP contribution in [0.5, 0.6) is 5.75 Å². The molecule has 0 bridgehead atoms. The highest BCUT2D eigenvalue weighted by Crippen LogP contribution is 2.43. The first-order chi connectivity index (χ1) is 17.2. The first-order valence-electron chi connectivity index (χ1n) is 11.2. The zero-order chi connectivity index (χ0) is 26.0. The largest absolute Gasteiger partial charge is 0.496 e. The van der Waals surface area contributed by atoms with E-state index in [1.165, 1.54) is 12.0 Å². The fourth-order valence-electron chi connectivity index (χ4n) is 4.44. The molecule has 10 heteroatoms. The maximum Gasteiger partial charge on any atom is 0.307 e. The topological polar surface area (TPSA) is 102 Å². The van der Waals surface area contributed by atoms with Gasteiger partial charge in [-0.25, -0.2) is 4.39 Å². The SMILES string of the molecule is COc1ccccc1[C@@H]1[C@H](C(=O)Nc2cc([N+](=O)[O-])c(F)cc2F)CCC(=O)N1c1ccc(C)cc1. The molecule has 1 saturated heterocycles. The van der Waals surface area contributed by atoms with Crippen molar-refractivity contribution in [2.45, 2.75) is 25.8 Å². The van der Waals surface area contributed by atoms with Gasteiger partial charge in [0.2, 0.25) is 17.6 Å². The Kier molecular flexibility index (Phi) is 6.96. The Bertz CT molecular complexity index is 1330. The first-order valence-corrected chi connectivity index (χ1v) is 11.2. The second-order valence-electron chi connectivity index (χ2n) is 8.46. The van der Waals surface area contributed by atoms with Gasteiger partial charge in [-0.2, -0.15) is 4.39 Å². The lowest BCUT2D eigenvalue weighted by atomic mass is 9.82. The number of nitro groups is 1. The van der Waals surface area contributed by atoms with Gasteiger partial charge in [-0.3, -0.25) is 19.7 Å². The van der Waals surface area contributed by atoms with E-state index in [9.17, 15) is 28.5 Å². The Morgan fingerprint density at radius 1 is 1.11 bits per heavy atom. The van der Waals surface area contributed by atoms with Gasteiger partial charge in [0.15, 0.2) is 0 Å². The summed E-state index contributed by atoms with van der Waals surface area (Å²) < 4.78 is 33.7. The normalized spacial score (nSPS) is 17.6. The molecule has 0 aromatic heterocycles. The van der Waals surface area contributed by atoms with E-state index in [1.54, 1.807) is 36.4 Å². The maximum absolute atomic E-state index is 14.4. The minimum Gasteiger partial charge on any atom is -0.496 e. The van der Waals surface area contributed by atoms with Crippen LogP contribution in [0.2, 0.25) is 0 Å². The number of anilines is 2. The van der Waals surface area contributed by atoms with Crippen LogP contribution >= 0.6 is 0 Å². The highest BCUT2D eigenvalue weighted by atomic mass is 19.1. The maximum atomic E-state index is 14.4. The standard InChI is InChI=1S/C26H23F2N3O5/c1-15-7-9-16(10-8-15)30-24(32)12-11-18(25(30)17-5-3-4-6-23(17)36-2)26(33)29-21-14-22(31(34)35)20(28)13-19(21)27/h3-10,13-14,18,25H,11-12H2,1-2H3,(H,29,33)/t18-,25-/m1/s1. The number of nitro benzene ring substituents is 1. The highest BCUT2D eigenvalue weighted by molar-refractivity contribution is 6.00. The average molecular weight is 495 g/mol. The van der Waals surface area contributed by atoms with Crippen LogP contribution in [-0.2, 0) is 9.59 Å². The van der Waals surface area contributed by atoms with E-state index in [-0.39, 0.29) is 18.7 Å². The van der Waals surface area contributed by atoms with Gasteiger partial charge < -0.3 is 15.0 Å². The predicted molar refractivity (Wildman–Crippen MR) is 129 cm³/mol. The molecule has 3 aromatic rings. The Balaban J connectivity index is 1.78. The summed E-state index contributed by atoms with van der Waals surface area (Å²) in [7, 11) is 1.47. The number of aryl methyl sites for hydroxylation is 1. The molecule has 8 nitrogen and oxygen atoms in total. The molecule has 1 fully saturated rings. The molecule has 1 heterocycles. The van der Waals surface area contributed by atoms with Gasteiger partial charge in [0.05, 0.1) is 29.7 Å². The zero-order valence-corrected chi connectivity index (χ0v) is 19.5. The second-order valence-corrected chi connectivity index (χ2v) is 8.46. The van der Waals surface area contributed by atoms with E-state index in [0.717, 1.165) is 5.56 Å². The summed E-state index contributed by atoms with van der Waals surface area (Å²) in [5.41, 5.74) is 0.639. The monoisotopic (exact) mass is 495 g/mol. The molecule has 0 aliphatic carbocycles. The van der Waals surface area contributed by atoms with Crippen LogP contribution in [0.15, 0.2) is 60.7 Å². The highest BCUT2D eigenvalue weighted by Gasteiger charge is 2.43. The van der Waals surface area contributed by atoms with Crippen LogP contribution in [0.25, 0.3) is 0 Å². The van der Waals surface area contributed by atoms with Crippen LogP contribution in [-0.4, -0.2) is 23.8 Å². The third-order valence-electron chi connectivity index (χ3n) is 6.19. The minimum atomic E-state index is -1.35. The Labute approximate surface area is 205 Å². The lowest BCUT2D eigenvalue weighted by Gasteiger charge is -2.41. The number of amides is 2. The molecule has 1 aliphatic heterocycles. The molecule has 3 aromatic carbocycles. The van der Waals surface area contributed by atoms with Gasteiger partial charge in [0.25, 0.3) is 0 Å². The van der Waals surface area contributed by atoms with Crippen molar-refractivity contribution in [3.8, 4) is 5.75 Å². The van der Waals surface area contributed by atoms with Gasteiger partial charge in [-0.15, -0.1) is 0 Å². The minimum absolute atomic E-state index is 0.0453. The summed E-state index contributed by atoms with van der Waals surface area (Å²) in [6.45, 7) is 1.91. The summed E-state index contributed by atoms with van der Waals surface area (Å²) in [4.78, 5) is 38.3. The molecular weight excluding hydrogens is 472 g/mol. The van der Waals surface area contributed by atoms with Crippen LogP contribution in [0, 0.1) is 34.6 Å². The van der Waals surface area contributed by atoms with E-state index in [4.69, 9.17) is 4.74 Å². The van der Waals surface area contributed by atoms with Crippen LogP contribution in [0.3, 0.4) is 0 Å². The lowest BCUT2D eigenvalue weighted by molar-refractivity contribution is -0.387. The Hall–Kier alpha value is -4.34. The fraction of sp³-hybridized carbons (Fsp3) is 0.231. The molecule has 2 amide bonds. The number of halogens is 2. The number of carbonyl (C=O) groups is 2. The molecule has 0 radical (unpaired) electrons. The van der Waals surface area contributed by atoms with Gasteiger partial charge in [0.1, 0.15) is 11.6 Å². The van der Waals surface area contributed by atoms with Crippen molar-refractivity contribution in [1.29, 1.82) is 0 Å². The molecule has 186 valence electrons. The fourth-order valence-corrected chi connectivity index (χ4v) is 4.44. The second kappa shape index (κ2) is 10.1. The van der Waals surface area contributed by atoms with Gasteiger partial charge in [0, 0.05) is 29.8 Å². The molecule has 2 atom stereocenters. The van der Waals surface area contributed by atoms with Crippen LogP contribution in [0.4, 0.5) is 25.8 Å². The van der Waals surface area contributed by atoms with Crippen molar-refractivity contribution in [2.75, 3.05) is 17.3 Å². The van der Waals surface area contributed by atoms with Gasteiger partial charge >= 0.3 is 5.69 Å². The molecule has 0 spiro atoms. The molecule has 1 N–H and O–H groups in total. The van der Waals surface area contributed by atoms with Crippen molar-refractivity contribution >= 4 is 28.9 Å². The van der Waals surface area contributed by atoms with E-state index >= 15 is 0 Å². The predicted octanol–water partition coefficient (Wildman–Crippen LogP) is 5.31. The molecular formula is C26H23F2N3O5. The number of ether oxygens (including phenoxy) is 1. The van der Waals surface area contributed by atoms with Crippen LogP contribution < -0.4 is 15.0 Å². The number of nitrogens with one attached hydrogen (secondary N) is 1.